The number of fused-ring (bicyclic) bond motifs is 4. The van der Waals surface area contributed by atoms with Crippen LogP contribution >= 0.6 is 0 Å². The minimum absolute atomic E-state index is 0.0240. The number of phenolic OH excluding ortho intramolecular Hbond substituents is 1. The number of nitrogens with zero attached hydrogens (tertiary/aromatic N) is 20. The molecule has 1 spiro atoms. The maximum Gasteiger partial charge on any atom is 0.254 e. The van der Waals surface area contributed by atoms with E-state index in [2.05, 4.69) is 62.5 Å². The standard InChI is InChI=1S/C29H28N6O.C27H26N6O.C24H19N5O2.C23H20N4O3/c30-19-21-3-5-23(6-4-21)26-20-31-27-12-11-25(33-35(26)27)22-7-9-24(10-8-22)28(36)34-17-14-29(15-18-34)13-1-2-16-32-29;1-31(2)23-13-15-32(16-14-23)27(34)22-9-7-20(8-10-22)24-11-12-26-29-18-25(33(26)30-24)21-5-3-19(17-28)4-6-21;25-15-17-1-3-19(4-2-17)22-16-26-23-10-9-21(27-29(22)23)18-5-7-20(8-6-18)24(30)28-11-13-31-14-12-28;28-19-7-5-17(6-8-19)21-15-24-22-10-9-20(25-27(21)22)16-1-3-18(4-2-16)23(29)26-11-13-30-14-12-26/h3-12,20,32H,1-2,13-18H2;3-12,18,23H,13-16H2,1-2H3;1-10,16H,11-14H2;1-10,15,28H,11-14H2. The third kappa shape index (κ3) is 19.1. The van der Waals surface area contributed by atoms with E-state index in [0.717, 1.165) is 171 Å². The molecule has 131 heavy (non-hydrogen) atoms. The van der Waals surface area contributed by atoms with Gasteiger partial charge < -0.3 is 44.4 Å². The van der Waals surface area contributed by atoms with E-state index in [1.165, 1.54) is 19.3 Å². The van der Waals surface area contributed by atoms with E-state index in [1.807, 2.05) is 223 Å². The summed E-state index contributed by atoms with van der Waals surface area (Å²) in [6.45, 7) is 9.14. The molecule has 5 aliphatic rings. The molecule has 16 aromatic rings. The van der Waals surface area contributed by atoms with Gasteiger partial charge in [0.05, 0.1) is 132 Å². The third-order valence-corrected chi connectivity index (χ3v) is 24.9. The van der Waals surface area contributed by atoms with Gasteiger partial charge in [0.2, 0.25) is 0 Å². The number of aromatic nitrogens is 12. The number of aromatic hydroxyl groups is 1. The number of likely N-dealkylation sites (tertiary alicyclic amines) is 2. The lowest BCUT2D eigenvalue weighted by Gasteiger charge is -2.45. The van der Waals surface area contributed by atoms with E-state index in [1.54, 1.807) is 82.3 Å². The maximum absolute atomic E-state index is 13.2. The van der Waals surface area contributed by atoms with E-state index < -0.39 is 0 Å². The van der Waals surface area contributed by atoms with Gasteiger partial charge in [0.15, 0.2) is 22.6 Å². The highest BCUT2D eigenvalue weighted by molar-refractivity contribution is 5.97. The number of morpholine rings is 2. The smallest absolute Gasteiger partial charge is 0.254 e. The topological polar surface area (TPSA) is 327 Å². The van der Waals surface area contributed by atoms with Crippen molar-refractivity contribution in [1.29, 1.82) is 15.8 Å². The number of piperidine rings is 3. The molecule has 28 nitrogen and oxygen atoms in total. The number of nitriles is 3. The van der Waals surface area contributed by atoms with Gasteiger partial charge in [-0.05, 0) is 217 Å². The van der Waals surface area contributed by atoms with Crippen LogP contribution in [0.15, 0.2) is 267 Å². The summed E-state index contributed by atoms with van der Waals surface area (Å²) in [5, 5.41) is 59.5. The Bertz CT molecular complexity index is 6940. The van der Waals surface area contributed by atoms with Gasteiger partial charge in [-0.25, -0.2) is 38.0 Å². The molecule has 652 valence electrons. The molecule has 5 fully saturated rings. The molecular formula is C103H93N21O7. The number of phenols is 1. The quantitative estimate of drug-likeness (QED) is 0.108. The Kier molecular flexibility index (Phi) is 25.5. The minimum Gasteiger partial charge on any atom is -0.508 e. The van der Waals surface area contributed by atoms with Crippen molar-refractivity contribution >= 4 is 46.2 Å². The Morgan fingerprint density at radius 2 is 0.626 bits per heavy atom. The van der Waals surface area contributed by atoms with Gasteiger partial charge in [-0.15, -0.1) is 0 Å². The molecule has 0 bridgehead atoms. The zero-order valence-corrected chi connectivity index (χ0v) is 72.5. The first-order valence-corrected chi connectivity index (χ1v) is 44.0. The van der Waals surface area contributed by atoms with Crippen LogP contribution in [0.1, 0.15) is 103 Å². The largest absolute Gasteiger partial charge is 0.508 e. The highest BCUT2D eigenvalue weighted by Gasteiger charge is 2.37. The summed E-state index contributed by atoms with van der Waals surface area (Å²) in [5.41, 5.74) is 21.8. The highest BCUT2D eigenvalue weighted by Crippen LogP contribution is 2.35. The lowest BCUT2D eigenvalue weighted by molar-refractivity contribution is 0.0301. The number of imidazole rings is 4. The molecule has 13 heterocycles. The zero-order chi connectivity index (χ0) is 89.9. The summed E-state index contributed by atoms with van der Waals surface area (Å²) in [5.74, 6) is 0.458. The molecule has 21 rings (SSSR count). The predicted octanol–water partition coefficient (Wildman–Crippen LogP) is 15.4. The van der Waals surface area contributed by atoms with E-state index >= 15 is 0 Å². The number of carbonyl (C=O) groups is 4. The van der Waals surface area contributed by atoms with Crippen molar-refractivity contribution in [3.8, 4) is 114 Å². The van der Waals surface area contributed by atoms with Crippen molar-refractivity contribution in [3.63, 3.8) is 0 Å². The van der Waals surface area contributed by atoms with Gasteiger partial charge in [0.25, 0.3) is 23.6 Å². The monoisotopic (exact) mass is 1740 g/mol. The Balaban J connectivity index is 0.000000118. The van der Waals surface area contributed by atoms with Crippen LogP contribution < -0.4 is 5.32 Å². The van der Waals surface area contributed by atoms with Crippen LogP contribution in [0.5, 0.6) is 5.75 Å². The molecule has 28 heteroatoms. The number of benzene rings is 8. The van der Waals surface area contributed by atoms with Gasteiger partial charge in [0.1, 0.15) is 5.75 Å². The van der Waals surface area contributed by atoms with Gasteiger partial charge >= 0.3 is 0 Å². The molecule has 0 atom stereocenters. The van der Waals surface area contributed by atoms with Crippen molar-refractivity contribution in [2.24, 2.45) is 0 Å². The molecule has 5 aliphatic heterocycles. The van der Waals surface area contributed by atoms with Crippen LogP contribution in [0, 0.1) is 34.0 Å². The fourth-order valence-corrected chi connectivity index (χ4v) is 17.3. The van der Waals surface area contributed by atoms with Crippen LogP contribution in [0.4, 0.5) is 0 Å². The average molecular weight is 1740 g/mol. The Labute approximate surface area is 756 Å². The van der Waals surface area contributed by atoms with Crippen LogP contribution in [0.3, 0.4) is 0 Å². The maximum atomic E-state index is 13.2. The fraction of sp³-hybridized carbons (Fsp3) is 0.233. The number of nitrogens with one attached hydrogen (secondary N) is 1. The summed E-state index contributed by atoms with van der Waals surface area (Å²) in [6.07, 6.45) is 15.0. The zero-order valence-electron chi connectivity index (χ0n) is 72.5. The van der Waals surface area contributed by atoms with Crippen molar-refractivity contribution in [1.82, 2.24) is 88.2 Å². The second-order valence-electron chi connectivity index (χ2n) is 33.2. The first-order chi connectivity index (χ1) is 64.1. The second-order valence-corrected chi connectivity index (χ2v) is 33.2. The number of rotatable bonds is 13. The van der Waals surface area contributed by atoms with E-state index in [-0.39, 0.29) is 34.9 Å². The van der Waals surface area contributed by atoms with Crippen LogP contribution in [0.2, 0.25) is 0 Å². The summed E-state index contributed by atoms with van der Waals surface area (Å²) in [6, 6.07) is 81.9. The summed E-state index contributed by atoms with van der Waals surface area (Å²) < 4.78 is 17.8. The molecule has 0 saturated carbocycles. The number of hydrogen-bond acceptors (Lipinski definition) is 20. The van der Waals surface area contributed by atoms with Gasteiger partial charge in [-0.3, -0.25) is 19.2 Å². The molecular weight excluding hydrogens is 1640 g/mol. The van der Waals surface area contributed by atoms with Crippen molar-refractivity contribution in [2.75, 3.05) is 99.4 Å². The van der Waals surface area contributed by atoms with Crippen LogP contribution in [-0.2, 0) is 9.47 Å². The van der Waals surface area contributed by atoms with Crippen molar-refractivity contribution in [2.45, 2.75) is 56.5 Å². The van der Waals surface area contributed by atoms with Crippen molar-refractivity contribution < 1.29 is 33.8 Å². The molecule has 2 N–H and O–H groups in total. The molecule has 5 saturated heterocycles. The number of amides is 4. The lowest BCUT2D eigenvalue weighted by atomic mass is 9.80. The molecule has 0 aliphatic carbocycles. The normalized spacial score (nSPS) is 15.0. The average Bonchev–Trinajstić information content (AvgIpc) is 1.78. The molecule has 8 aromatic heterocycles. The summed E-state index contributed by atoms with van der Waals surface area (Å²) >= 11 is 0. The second kappa shape index (κ2) is 38.8. The Morgan fingerprint density at radius 1 is 0.351 bits per heavy atom. The Morgan fingerprint density at radius 3 is 0.901 bits per heavy atom. The lowest BCUT2D eigenvalue weighted by Crippen LogP contribution is -2.56. The van der Waals surface area contributed by atoms with Gasteiger partial charge in [-0.2, -0.15) is 36.2 Å². The van der Waals surface area contributed by atoms with Gasteiger partial charge in [0, 0.05) is 131 Å². The highest BCUT2D eigenvalue weighted by atomic mass is 16.5. The first kappa shape index (κ1) is 86.0. The molecule has 0 radical (unpaired) electrons. The van der Waals surface area contributed by atoms with E-state index in [0.29, 0.717) is 97.6 Å². The first-order valence-electron chi connectivity index (χ1n) is 44.0. The number of carbonyl (C=O) groups excluding carboxylic acids is 4. The minimum atomic E-state index is 0.0240. The van der Waals surface area contributed by atoms with Crippen LogP contribution in [0.25, 0.3) is 113 Å². The fourth-order valence-electron chi connectivity index (χ4n) is 17.3. The van der Waals surface area contributed by atoms with Crippen LogP contribution in [-0.4, -0.2) is 223 Å². The SMILES string of the molecule is CN(C)C1CCN(C(=O)c2ccc(-c3ccc4ncc(-c5ccc(C#N)cc5)n4n3)cc2)CC1.N#Cc1ccc(-c2cnc3ccc(-c4ccc(C(=O)N5CCC6(CCCCN6)CC5)cc4)nn23)cc1.N#Cc1ccc(-c2cnc3ccc(-c4ccc(C(=O)N5CCOCC5)cc4)nn23)cc1.O=C(c1ccc(-c2ccc3ncc(-c4ccc(O)cc4)n3n2)cc1)N1CCOCC1. The molecule has 4 amide bonds. The number of ether oxygens (including phenoxy) is 2. The molecule has 8 aromatic carbocycles. The molecule has 0 unspecified atom stereocenters. The van der Waals surface area contributed by atoms with Crippen molar-refractivity contribution in [3.05, 3.63) is 306 Å². The number of hydrogen-bond donors (Lipinski definition) is 2. The Hall–Kier alpha value is -15.8. The van der Waals surface area contributed by atoms with E-state index in [4.69, 9.17) is 45.7 Å². The van der Waals surface area contributed by atoms with E-state index in [9.17, 15) is 24.3 Å². The third-order valence-electron chi connectivity index (χ3n) is 24.9. The summed E-state index contributed by atoms with van der Waals surface area (Å²) in [4.78, 5) is 79.1. The van der Waals surface area contributed by atoms with Gasteiger partial charge in [-0.1, -0.05) is 91.3 Å². The summed E-state index contributed by atoms with van der Waals surface area (Å²) in [7, 11) is 4.20. The predicted molar refractivity (Wildman–Crippen MR) is 497 cm³/mol.